The van der Waals surface area contributed by atoms with Gasteiger partial charge in [0.1, 0.15) is 5.69 Å². The number of pyridine rings is 1. The van der Waals surface area contributed by atoms with Crippen LogP contribution in [0.3, 0.4) is 0 Å². The molecule has 2 aromatic carbocycles. The lowest BCUT2D eigenvalue weighted by Crippen LogP contribution is -2.13. The highest BCUT2D eigenvalue weighted by Crippen LogP contribution is 2.29. The average molecular weight is 333 g/mol. The number of hydrogen-bond acceptors (Lipinski definition) is 4. The molecule has 2 heterocycles. The zero-order valence-electron chi connectivity index (χ0n) is 13.3. The number of aromatic nitrogens is 2. The van der Waals surface area contributed by atoms with Crippen molar-refractivity contribution in [1.29, 1.82) is 0 Å². The maximum absolute atomic E-state index is 12.5. The molecular weight excluding hydrogens is 318 g/mol. The third-order valence-electron chi connectivity index (χ3n) is 3.88. The van der Waals surface area contributed by atoms with Crippen LogP contribution in [0.15, 0.2) is 48.5 Å². The lowest BCUT2D eigenvalue weighted by atomic mass is 10.1. The summed E-state index contributed by atoms with van der Waals surface area (Å²) in [5.74, 6) is -0.241. The summed E-state index contributed by atoms with van der Waals surface area (Å²) in [6.07, 6.45) is 0. The minimum atomic E-state index is -0.241. The maximum Gasteiger partial charge on any atom is 0.276 e. The van der Waals surface area contributed by atoms with E-state index in [-0.39, 0.29) is 5.91 Å². The molecule has 0 aliphatic rings. The van der Waals surface area contributed by atoms with E-state index in [2.05, 4.69) is 34.3 Å². The molecule has 2 aromatic heterocycles. The first kappa shape index (κ1) is 14.8. The first-order valence-electron chi connectivity index (χ1n) is 7.65. The predicted octanol–water partition coefficient (Wildman–Crippen LogP) is 4.71. The Kier molecular flexibility index (Phi) is 3.50. The van der Waals surface area contributed by atoms with Crippen LogP contribution in [0.5, 0.6) is 0 Å². The Hall–Kier alpha value is -2.79. The van der Waals surface area contributed by atoms with Crippen molar-refractivity contribution in [3.05, 3.63) is 65.4 Å². The lowest BCUT2D eigenvalue weighted by molar-refractivity contribution is 0.102. The fourth-order valence-corrected chi connectivity index (χ4v) is 3.81. The summed E-state index contributed by atoms with van der Waals surface area (Å²) in [5, 5.41) is 4.47. The van der Waals surface area contributed by atoms with E-state index in [0.717, 1.165) is 26.7 Å². The van der Waals surface area contributed by atoms with Crippen molar-refractivity contribution in [2.45, 2.75) is 13.8 Å². The summed E-state index contributed by atoms with van der Waals surface area (Å²) in [6.45, 7) is 4.09. The third-order valence-corrected chi connectivity index (χ3v) is 4.80. The number of benzene rings is 2. The van der Waals surface area contributed by atoms with Gasteiger partial charge >= 0.3 is 0 Å². The van der Waals surface area contributed by atoms with Gasteiger partial charge in [-0.25, -0.2) is 9.97 Å². The molecule has 0 radical (unpaired) electrons. The van der Waals surface area contributed by atoms with E-state index in [1.165, 1.54) is 16.9 Å². The number of nitrogens with zero attached hydrogens (tertiary/aromatic N) is 2. The molecule has 118 valence electrons. The number of aryl methyl sites for hydroxylation is 2. The van der Waals surface area contributed by atoms with Gasteiger partial charge in [0.2, 0.25) is 0 Å². The highest BCUT2D eigenvalue weighted by molar-refractivity contribution is 7.22. The van der Waals surface area contributed by atoms with Gasteiger partial charge in [-0.3, -0.25) is 10.1 Å². The summed E-state index contributed by atoms with van der Waals surface area (Å²) < 4.78 is 1.08. The Morgan fingerprint density at radius 2 is 1.88 bits per heavy atom. The highest BCUT2D eigenvalue weighted by Gasteiger charge is 2.13. The van der Waals surface area contributed by atoms with E-state index in [9.17, 15) is 4.79 Å². The van der Waals surface area contributed by atoms with E-state index < -0.39 is 0 Å². The molecule has 0 saturated carbocycles. The van der Waals surface area contributed by atoms with E-state index in [1.54, 1.807) is 6.07 Å². The number of para-hydroxylation sites is 1. The third kappa shape index (κ3) is 2.63. The van der Waals surface area contributed by atoms with Crippen LogP contribution >= 0.6 is 11.3 Å². The summed E-state index contributed by atoms with van der Waals surface area (Å²) in [7, 11) is 0. The molecule has 0 saturated heterocycles. The number of thiazole rings is 1. The molecule has 0 unspecified atom stereocenters. The van der Waals surface area contributed by atoms with Crippen molar-refractivity contribution in [2.75, 3.05) is 5.32 Å². The molecule has 24 heavy (non-hydrogen) atoms. The number of hydrogen-bond donors (Lipinski definition) is 1. The molecular formula is C19H15N3OS. The Morgan fingerprint density at radius 3 is 2.75 bits per heavy atom. The zero-order chi connectivity index (χ0) is 16.7. The second kappa shape index (κ2) is 5.69. The first-order chi connectivity index (χ1) is 11.6. The Balaban J connectivity index is 1.66. The maximum atomic E-state index is 12.5. The van der Waals surface area contributed by atoms with E-state index in [1.807, 2.05) is 37.3 Å². The molecule has 4 aromatic rings. The van der Waals surface area contributed by atoms with Crippen LogP contribution in [0, 0.1) is 13.8 Å². The van der Waals surface area contributed by atoms with Gasteiger partial charge in [-0.15, -0.1) is 0 Å². The smallest absolute Gasteiger partial charge is 0.276 e. The SMILES string of the molecule is Cc1cc(C)c2nc(NC(=O)c3ccc4ccccc4n3)sc2c1. The number of amides is 1. The largest absolute Gasteiger partial charge is 0.296 e. The molecule has 0 aliphatic heterocycles. The zero-order valence-corrected chi connectivity index (χ0v) is 14.1. The monoisotopic (exact) mass is 333 g/mol. The minimum Gasteiger partial charge on any atom is -0.296 e. The van der Waals surface area contributed by atoms with Crippen molar-refractivity contribution in [3.63, 3.8) is 0 Å². The normalized spacial score (nSPS) is 11.1. The van der Waals surface area contributed by atoms with Crippen molar-refractivity contribution in [2.24, 2.45) is 0 Å². The first-order valence-corrected chi connectivity index (χ1v) is 8.47. The minimum absolute atomic E-state index is 0.241. The van der Waals surface area contributed by atoms with Crippen LogP contribution in [0.1, 0.15) is 21.6 Å². The van der Waals surface area contributed by atoms with Gasteiger partial charge < -0.3 is 0 Å². The number of fused-ring (bicyclic) bond motifs is 2. The number of nitrogens with one attached hydrogen (secondary N) is 1. The lowest BCUT2D eigenvalue weighted by Gasteiger charge is -2.02. The molecule has 0 atom stereocenters. The molecule has 0 fully saturated rings. The van der Waals surface area contributed by atoms with Gasteiger partial charge in [0.25, 0.3) is 5.91 Å². The average Bonchev–Trinajstić information content (AvgIpc) is 2.97. The summed E-state index contributed by atoms with van der Waals surface area (Å²) in [6, 6.07) is 15.6. The number of carbonyl (C=O) groups excluding carboxylic acids is 1. The molecule has 4 nitrogen and oxygen atoms in total. The van der Waals surface area contributed by atoms with Crippen LogP contribution in [-0.4, -0.2) is 15.9 Å². The fraction of sp³-hybridized carbons (Fsp3) is 0.105. The van der Waals surface area contributed by atoms with Gasteiger partial charge in [0, 0.05) is 5.39 Å². The van der Waals surface area contributed by atoms with Crippen molar-refractivity contribution >= 4 is 43.5 Å². The standard InChI is InChI=1S/C19H15N3OS/c1-11-9-12(2)17-16(10-11)24-19(21-17)22-18(23)15-8-7-13-5-3-4-6-14(13)20-15/h3-10H,1-2H3,(H,21,22,23). The Bertz CT molecular complexity index is 1080. The van der Waals surface area contributed by atoms with Crippen molar-refractivity contribution < 1.29 is 4.79 Å². The Labute approximate surface area is 143 Å². The van der Waals surface area contributed by atoms with Crippen molar-refractivity contribution in [3.8, 4) is 0 Å². The van der Waals surface area contributed by atoms with Gasteiger partial charge in [0.05, 0.1) is 15.7 Å². The number of rotatable bonds is 2. The molecule has 1 amide bonds. The van der Waals surface area contributed by atoms with E-state index >= 15 is 0 Å². The molecule has 1 N–H and O–H groups in total. The van der Waals surface area contributed by atoms with E-state index in [0.29, 0.717) is 10.8 Å². The summed E-state index contributed by atoms with van der Waals surface area (Å²) >= 11 is 1.48. The molecule has 4 rings (SSSR count). The summed E-state index contributed by atoms with van der Waals surface area (Å²) in [4.78, 5) is 21.4. The second-order valence-electron chi connectivity index (χ2n) is 5.79. The summed E-state index contributed by atoms with van der Waals surface area (Å²) in [5.41, 5.74) is 4.44. The van der Waals surface area contributed by atoms with Crippen LogP contribution in [0.2, 0.25) is 0 Å². The Morgan fingerprint density at radius 1 is 1.04 bits per heavy atom. The van der Waals surface area contributed by atoms with E-state index in [4.69, 9.17) is 0 Å². The van der Waals surface area contributed by atoms with Gasteiger partial charge in [0.15, 0.2) is 5.13 Å². The predicted molar refractivity (Wildman–Crippen MR) is 98.8 cm³/mol. The molecule has 5 heteroatoms. The molecule has 0 aliphatic carbocycles. The van der Waals surface area contributed by atoms with Crippen LogP contribution in [-0.2, 0) is 0 Å². The highest BCUT2D eigenvalue weighted by atomic mass is 32.1. The van der Waals surface area contributed by atoms with Gasteiger partial charge in [-0.1, -0.05) is 41.7 Å². The van der Waals surface area contributed by atoms with Crippen molar-refractivity contribution in [1.82, 2.24) is 9.97 Å². The number of anilines is 1. The second-order valence-corrected chi connectivity index (χ2v) is 6.82. The quantitative estimate of drug-likeness (QED) is 0.578. The topological polar surface area (TPSA) is 54.9 Å². The molecule has 0 spiro atoms. The van der Waals surface area contributed by atoms with Gasteiger partial charge in [-0.2, -0.15) is 0 Å². The van der Waals surface area contributed by atoms with Crippen LogP contribution in [0.25, 0.3) is 21.1 Å². The molecule has 0 bridgehead atoms. The fourth-order valence-electron chi connectivity index (χ4n) is 2.78. The van der Waals surface area contributed by atoms with Crippen LogP contribution in [0.4, 0.5) is 5.13 Å². The number of carbonyl (C=O) groups is 1. The van der Waals surface area contributed by atoms with Gasteiger partial charge in [-0.05, 0) is 43.2 Å². The van der Waals surface area contributed by atoms with Crippen LogP contribution < -0.4 is 5.32 Å².